The van der Waals surface area contributed by atoms with Crippen LogP contribution in [0.15, 0.2) is 84.0 Å². The maximum atomic E-state index is 12.3. The molecule has 3 heterocycles. The van der Waals surface area contributed by atoms with E-state index in [1.807, 2.05) is 30.3 Å². The van der Waals surface area contributed by atoms with E-state index in [4.69, 9.17) is 0 Å². The standard InChI is InChI=1S/C21H17N5O3/c27-19-8-4-5-11-25(19)17-14-24-26(21(17)29)18-10-9-16(13-22-18)20(28)23-12-15-6-2-1-3-7-15/h1-11,13-14,29H,12H2,(H,23,28). The number of nitrogens with one attached hydrogen (secondary N) is 1. The number of pyridine rings is 2. The lowest BCUT2D eigenvalue weighted by molar-refractivity contribution is 0.0950. The van der Waals surface area contributed by atoms with Gasteiger partial charge in [-0.25, -0.2) is 4.98 Å². The van der Waals surface area contributed by atoms with E-state index in [9.17, 15) is 14.7 Å². The minimum Gasteiger partial charge on any atom is -0.492 e. The van der Waals surface area contributed by atoms with Gasteiger partial charge >= 0.3 is 0 Å². The minimum absolute atomic E-state index is 0.230. The summed E-state index contributed by atoms with van der Waals surface area (Å²) < 4.78 is 2.48. The third-order valence-electron chi connectivity index (χ3n) is 4.33. The van der Waals surface area contributed by atoms with Crippen molar-refractivity contribution in [1.29, 1.82) is 0 Å². The van der Waals surface area contributed by atoms with Gasteiger partial charge in [0, 0.05) is 25.0 Å². The SMILES string of the molecule is O=C(NCc1ccccc1)c1ccc(-n2ncc(-n3ccccc3=O)c2O)nc1. The van der Waals surface area contributed by atoms with Crippen molar-refractivity contribution in [1.82, 2.24) is 24.6 Å². The minimum atomic E-state index is -0.291. The van der Waals surface area contributed by atoms with Crippen molar-refractivity contribution in [2.24, 2.45) is 0 Å². The van der Waals surface area contributed by atoms with Crippen molar-refractivity contribution in [2.75, 3.05) is 0 Å². The van der Waals surface area contributed by atoms with Gasteiger partial charge in [0.25, 0.3) is 11.5 Å². The molecule has 0 saturated carbocycles. The summed E-state index contributed by atoms with van der Waals surface area (Å²) in [5.41, 5.74) is 1.33. The number of amides is 1. The summed E-state index contributed by atoms with van der Waals surface area (Å²) in [5.74, 6) is -0.168. The Kier molecular flexibility index (Phi) is 4.90. The van der Waals surface area contributed by atoms with Crippen LogP contribution in [0.4, 0.5) is 0 Å². The van der Waals surface area contributed by atoms with Gasteiger partial charge in [0.1, 0.15) is 5.69 Å². The third-order valence-corrected chi connectivity index (χ3v) is 4.33. The Morgan fingerprint density at radius 1 is 1.00 bits per heavy atom. The molecule has 0 aliphatic heterocycles. The normalized spacial score (nSPS) is 10.6. The fourth-order valence-corrected chi connectivity index (χ4v) is 2.82. The van der Waals surface area contributed by atoms with Crippen LogP contribution in [-0.2, 0) is 6.54 Å². The van der Waals surface area contributed by atoms with Crippen LogP contribution >= 0.6 is 0 Å². The number of aromatic nitrogens is 4. The average Bonchev–Trinajstić information content (AvgIpc) is 3.14. The maximum Gasteiger partial charge on any atom is 0.255 e. The largest absolute Gasteiger partial charge is 0.492 e. The molecule has 0 unspecified atom stereocenters. The summed E-state index contributed by atoms with van der Waals surface area (Å²) in [7, 11) is 0. The van der Waals surface area contributed by atoms with Crippen LogP contribution in [0.1, 0.15) is 15.9 Å². The zero-order valence-electron chi connectivity index (χ0n) is 15.3. The number of nitrogens with zero attached hydrogens (tertiary/aromatic N) is 4. The van der Waals surface area contributed by atoms with Crippen molar-refractivity contribution in [3.05, 3.63) is 101 Å². The van der Waals surface area contributed by atoms with Crippen LogP contribution < -0.4 is 10.9 Å². The topological polar surface area (TPSA) is 102 Å². The summed E-state index contributed by atoms with van der Waals surface area (Å²) >= 11 is 0. The molecule has 144 valence electrons. The molecule has 0 aliphatic carbocycles. The Balaban J connectivity index is 1.52. The first-order chi connectivity index (χ1) is 14.1. The van der Waals surface area contributed by atoms with Crippen molar-refractivity contribution in [3.63, 3.8) is 0 Å². The van der Waals surface area contributed by atoms with Gasteiger partial charge in [0.15, 0.2) is 5.82 Å². The molecule has 3 aromatic heterocycles. The predicted molar refractivity (Wildman–Crippen MR) is 106 cm³/mol. The number of carbonyl (C=O) groups excluding carboxylic acids is 1. The Morgan fingerprint density at radius 3 is 2.52 bits per heavy atom. The number of aromatic hydroxyl groups is 1. The van der Waals surface area contributed by atoms with E-state index < -0.39 is 0 Å². The maximum absolute atomic E-state index is 12.3. The molecule has 29 heavy (non-hydrogen) atoms. The third kappa shape index (κ3) is 3.77. The van der Waals surface area contributed by atoms with Gasteiger partial charge < -0.3 is 10.4 Å². The van der Waals surface area contributed by atoms with Crippen LogP contribution in [0, 0.1) is 0 Å². The van der Waals surface area contributed by atoms with E-state index in [2.05, 4.69) is 15.4 Å². The highest BCUT2D eigenvalue weighted by Crippen LogP contribution is 2.22. The molecule has 0 spiro atoms. The first-order valence-electron chi connectivity index (χ1n) is 8.87. The van der Waals surface area contributed by atoms with Gasteiger partial charge in [0.2, 0.25) is 5.88 Å². The van der Waals surface area contributed by atoms with Crippen molar-refractivity contribution < 1.29 is 9.90 Å². The average molecular weight is 387 g/mol. The quantitative estimate of drug-likeness (QED) is 0.546. The van der Waals surface area contributed by atoms with Crippen LogP contribution in [-0.4, -0.2) is 30.3 Å². The predicted octanol–water partition coefficient (Wildman–Crippen LogP) is 2.05. The lowest BCUT2D eigenvalue weighted by Gasteiger charge is -2.07. The molecule has 0 atom stereocenters. The lowest BCUT2D eigenvalue weighted by atomic mass is 10.2. The summed E-state index contributed by atoms with van der Waals surface area (Å²) in [6.07, 6.45) is 4.32. The number of rotatable bonds is 5. The highest BCUT2D eigenvalue weighted by atomic mass is 16.3. The van der Waals surface area contributed by atoms with Gasteiger partial charge in [-0.3, -0.25) is 14.2 Å². The molecular formula is C21H17N5O3. The number of hydrogen-bond donors (Lipinski definition) is 2. The number of benzene rings is 1. The first kappa shape index (κ1) is 18.2. The Hall–Kier alpha value is -4.20. The van der Waals surface area contributed by atoms with Gasteiger partial charge in [-0.2, -0.15) is 9.78 Å². The number of carbonyl (C=O) groups is 1. The molecule has 4 rings (SSSR count). The highest BCUT2D eigenvalue weighted by molar-refractivity contribution is 5.93. The second-order valence-corrected chi connectivity index (χ2v) is 6.25. The molecule has 0 radical (unpaired) electrons. The van der Waals surface area contributed by atoms with Crippen LogP contribution in [0.2, 0.25) is 0 Å². The molecule has 1 aromatic carbocycles. The van der Waals surface area contributed by atoms with Gasteiger partial charge in [-0.1, -0.05) is 36.4 Å². The number of hydrogen-bond acceptors (Lipinski definition) is 5. The molecule has 8 heteroatoms. The monoisotopic (exact) mass is 387 g/mol. The van der Waals surface area contributed by atoms with E-state index in [1.54, 1.807) is 24.3 Å². The van der Waals surface area contributed by atoms with E-state index in [-0.39, 0.29) is 23.0 Å². The highest BCUT2D eigenvalue weighted by Gasteiger charge is 2.15. The van der Waals surface area contributed by atoms with Crippen LogP contribution in [0.3, 0.4) is 0 Å². The lowest BCUT2D eigenvalue weighted by Crippen LogP contribution is -2.23. The second kappa shape index (κ2) is 7.81. The van der Waals surface area contributed by atoms with E-state index >= 15 is 0 Å². The zero-order valence-corrected chi connectivity index (χ0v) is 15.3. The summed E-state index contributed by atoms with van der Waals surface area (Å²) in [5, 5.41) is 17.4. The van der Waals surface area contributed by atoms with Crippen molar-refractivity contribution in [2.45, 2.75) is 6.54 Å². The fraction of sp³-hybridized carbons (Fsp3) is 0.0476. The van der Waals surface area contributed by atoms with Crippen molar-refractivity contribution in [3.8, 4) is 17.4 Å². The van der Waals surface area contributed by atoms with Crippen LogP contribution in [0.5, 0.6) is 5.88 Å². The molecule has 4 aromatic rings. The first-order valence-corrected chi connectivity index (χ1v) is 8.87. The Bertz CT molecular complexity index is 1200. The molecule has 0 saturated heterocycles. The van der Waals surface area contributed by atoms with Crippen LogP contribution in [0.25, 0.3) is 11.5 Å². The summed E-state index contributed by atoms with van der Waals surface area (Å²) in [6, 6.07) is 17.4. The zero-order chi connectivity index (χ0) is 20.2. The molecule has 1 amide bonds. The molecular weight excluding hydrogens is 370 g/mol. The smallest absolute Gasteiger partial charge is 0.255 e. The molecule has 8 nitrogen and oxygen atoms in total. The molecule has 0 fully saturated rings. The van der Waals surface area contributed by atoms with E-state index in [0.717, 1.165) is 5.56 Å². The van der Waals surface area contributed by atoms with E-state index in [1.165, 1.54) is 33.9 Å². The second-order valence-electron chi connectivity index (χ2n) is 6.25. The van der Waals surface area contributed by atoms with E-state index in [0.29, 0.717) is 17.9 Å². The Morgan fingerprint density at radius 2 is 1.79 bits per heavy atom. The van der Waals surface area contributed by atoms with Crippen molar-refractivity contribution >= 4 is 5.91 Å². The molecule has 2 N–H and O–H groups in total. The summed E-state index contributed by atoms with van der Waals surface area (Å²) in [4.78, 5) is 28.5. The summed E-state index contributed by atoms with van der Waals surface area (Å²) in [6.45, 7) is 0.413. The molecule has 0 aliphatic rings. The molecule has 0 bridgehead atoms. The van der Waals surface area contributed by atoms with Gasteiger partial charge in [-0.05, 0) is 23.8 Å². The Labute approximate surface area is 165 Å². The fourth-order valence-electron chi connectivity index (χ4n) is 2.82. The van der Waals surface area contributed by atoms with Gasteiger partial charge in [0.05, 0.1) is 11.8 Å². The van der Waals surface area contributed by atoms with Gasteiger partial charge in [-0.15, -0.1) is 0 Å².